The van der Waals surface area contributed by atoms with Gasteiger partial charge in [-0.3, -0.25) is 9.18 Å². The zero-order chi connectivity index (χ0) is 29.9. The van der Waals surface area contributed by atoms with Gasteiger partial charge in [0.25, 0.3) is 5.91 Å². The number of aryl methyl sites for hydroxylation is 2. The van der Waals surface area contributed by atoms with Crippen LogP contribution in [0, 0.1) is 0 Å². The summed E-state index contributed by atoms with van der Waals surface area (Å²) >= 11 is 0. The van der Waals surface area contributed by atoms with Crippen molar-refractivity contribution in [1.29, 1.82) is 0 Å². The van der Waals surface area contributed by atoms with Crippen LogP contribution in [0.3, 0.4) is 0 Å². The average molecular weight is 618 g/mol. The van der Waals surface area contributed by atoms with Gasteiger partial charge in [0.1, 0.15) is 17.1 Å². The van der Waals surface area contributed by atoms with Crippen molar-refractivity contribution in [3.05, 3.63) is 41.2 Å². The van der Waals surface area contributed by atoms with Crippen molar-refractivity contribution in [3.8, 4) is 5.75 Å². The Morgan fingerprint density at radius 2 is 1.88 bits per heavy atom. The highest BCUT2D eigenvalue weighted by molar-refractivity contribution is 7.89. The number of anilines is 1. The van der Waals surface area contributed by atoms with Crippen LogP contribution in [0.2, 0.25) is 0 Å². The highest BCUT2D eigenvalue weighted by Gasteiger charge is 2.42. The summed E-state index contributed by atoms with van der Waals surface area (Å²) in [5.41, 5.74) is 1.11. The molecular formula is C25H37FN5O8PS. The number of hydrogen-bond donors (Lipinski definition) is 3. The molecule has 1 atom stereocenters. The fourth-order valence-corrected chi connectivity index (χ4v) is 7.11. The highest BCUT2D eigenvalue weighted by atomic mass is 32.2. The van der Waals surface area contributed by atoms with Crippen LogP contribution >= 0.6 is 7.82 Å². The van der Waals surface area contributed by atoms with Crippen molar-refractivity contribution in [2.45, 2.75) is 44.2 Å². The van der Waals surface area contributed by atoms with E-state index >= 15 is 0 Å². The lowest BCUT2D eigenvalue weighted by molar-refractivity contribution is 0.0841. The number of carbonyl (C=O) groups is 1. The largest absolute Gasteiger partial charge is 0.493 e. The van der Waals surface area contributed by atoms with Gasteiger partial charge in [-0.2, -0.15) is 8.93 Å². The van der Waals surface area contributed by atoms with Gasteiger partial charge < -0.3 is 29.3 Å². The van der Waals surface area contributed by atoms with Crippen LogP contribution in [0.15, 0.2) is 29.3 Å². The first-order valence-electron chi connectivity index (χ1n) is 13.5. The zero-order valence-corrected chi connectivity index (χ0v) is 25.0. The minimum absolute atomic E-state index is 0.0776. The van der Waals surface area contributed by atoms with E-state index in [1.165, 1.54) is 22.5 Å². The fourth-order valence-electron chi connectivity index (χ4n) is 5.24. The predicted octanol–water partition coefficient (Wildman–Crippen LogP) is 2.32. The number of ether oxygens (including phenoxy) is 1. The Labute approximate surface area is 239 Å². The molecule has 1 fully saturated rings. The maximum atomic E-state index is 13.7. The molecule has 0 spiro atoms. The van der Waals surface area contributed by atoms with E-state index in [0.717, 1.165) is 5.06 Å². The van der Waals surface area contributed by atoms with Crippen LogP contribution in [0.5, 0.6) is 5.75 Å². The van der Waals surface area contributed by atoms with Crippen molar-refractivity contribution in [3.63, 3.8) is 0 Å². The number of benzene rings is 1. The number of halogens is 1. The zero-order valence-electron chi connectivity index (χ0n) is 23.3. The second kappa shape index (κ2) is 12.8. The lowest BCUT2D eigenvalue weighted by atomic mass is 10.1. The molecule has 1 amide bonds. The number of sulfonamides is 1. The number of phosphoric acid groups is 1. The SMILES string of the molecule is CCCc1cn(C)c2c1N(OP(=O)(O)O)C(c1cc(S(=O)(=O)N3CCN(CCCF)CC3)ccc1OCC)NC2=O. The first kappa shape index (κ1) is 31.4. The number of piperazine rings is 1. The maximum absolute atomic E-state index is 13.7. The van der Waals surface area contributed by atoms with E-state index in [0.29, 0.717) is 44.5 Å². The number of amides is 1. The summed E-state index contributed by atoms with van der Waals surface area (Å²) in [6.45, 7) is 5.35. The number of alkyl halides is 1. The Bertz CT molecular complexity index is 1410. The molecule has 16 heteroatoms. The lowest BCUT2D eigenvalue weighted by Crippen LogP contribution is -2.49. The van der Waals surface area contributed by atoms with Crippen molar-refractivity contribution in [2.75, 3.05) is 51.1 Å². The van der Waals surface area contributed by atoms with E-state index in [2.05, 4.69) is 5.32 Å². The summed E-state index contributed by atoms with van der Waals surface area (Å²) in [5.74, 6) is -0.316. The number of fused-ring (bicyclic) bond motifs is 1. The van der Waals surface area contributed by atoms with Crippen molar-refractivity contribution in [1.82, 2.24) is 19.1 Å². The Balaban J connectivity index is 1.77. The number of hydrogen-bond acceptors (Lipinski definition) is 8. The van der Waals surface area contributed by atoms with Gasteiger partial charge in [0.2, 0.25) is 10.0 Å². The molecule has 1 aromatic heterocycles. The quantitative estimate of drug-likeness (QED) is 0.303. The van der Waals surface area contributed by atoms with E-state index < -0.39 is 36.6 Å². The predicted molar refractivity (Wildman–Crippen MR) is 149 cm³/mol. The molecule has 228 valence electrons. The molecule has 3 heterocycles. The number of nitrogens with zero attached hydrogens (tertiary/aromatic N) is 4. The van der Waals surface area contributed by atoms with Gasteiger partial charge in [0, 0.05) is 51.5 Å². The van der Waals surface area contributed by atoms with Crippen molar-refractivity contribution in [2.24, 2.45) is 7.05 Å². The number of aromatic nitrogens is 1. The first-order chi connectivity index (χ1) is 19.4. The highest BCUT2D eigenvalue weighted by Crippen LogP contribution is 2.47. The van der Waals surface area contributed by atoms with Gasteiger partial charge >= 0.3 is 7.82 Å². The van der Waals surface area contributed by atoms with Crippen LogP contribution in [0.4, 0.5) is 10.1 Å². The molecule has 13 nitrogen and oxygen atoms in total. The molecule has 0 radical (unpaired) electrons. The molecule has 0 saturated carbocycles. The molecule has 4 rings (SSSR count). The maximum Gasteiger partial charge on any atom is 0.491 e. The summed E-state index contributed by atoms with van der Waals surface area (Å²) in [6, 6.07) is 4.19. The van der Waals surface area contributed by atoms with E-state index in [4.69, 9.17) is 9.36 Å². The third-order valence-electron chi connectivity index (χ3n) is 7.03. The average Bonchev–Trinajstić information content (AvgIpc) is 3.25. The van der Waals surface area contributed by atoms with Gasteiger partial charge in [0.15, 0.2) is 6.17 Å². The fraction of sp³-hybridized carbons (Fsp3) is 0.560. The molecule has 2 aromatic rings. The van der Waals surface area contributed by atoms with E-state index in [9.17, 15) is 32.0 Å². The normalized spacial score (nSPS) is 18.8. The summed E-state index contributed by atoms with van der Waals surface area (Å²) in [4.78, 5) is 34.9. The molecular weight excluding hydrogens is 580 g/mol. The smallest absolute Gasteiger partial charge is 0.491 e. The van der Waals surface area contributed by atoms with Crippen LogP contribution < -0.4 is 15.1 Å². The summed E-state index contributed by atoms with van der Waals surface area (Å²) in [7, 11) is -7.49. The van der Waals surface area contributed by atoms with Gasteiger partial charge in [-0.15, -0.1) is 0 Å². The number of rotatable bonds is 12. The number of hydroxylamine groups is 1. The lowest BCUT2D eigenvalue weighted by Gasteiger charge is -2.38. The minimum atomic E-state index is -5.14. The topological polar surface area (TPSA) is 154 Å². The van der Waals surface area contributed by atoms with E-state index in [1.807, 2.05) is 11.8 Å². The Morgan fingerprint density at radius 1 is 1.17 bits per heavy atom. The van der Waals surface area contributed by atoms with Crippen LogP contribution in [0.25, 0.3) is 0 Å². The first-order valence-corrected chi connectivity index (χ1v) is 16.5. The minimum Gasteiger partial charge on any atom is -0.493 e. The van der Waals surface area contributed by atoms with E-state index in [1.54, 1.807) is 24.7 Å². The standard InChI is InChI=1S/C25H37FN5O8PS/c1-4-7-18-17-28(3)23-22(18)31(39-40(33,34)35)24(27-25(23)32)20-16-19(8-9-21(20)38-5-2)41(36,37)30-14-12-29(13-15-30)11-6-10-26/h8-9,16-17,24H,4-7,10-15H2,1-3H3,(H,27,32)(H2,33,34,35). The molecule has 41 heavy (non-hydrogen) atoms. The molecule has 2 aliphatic rings. The van der Waals surface area contributed by atoms with Gasteiger partial charge in [-0.05, 0) is 43.5 Å². The molecule has 1 aromatic carbocycles. The molecule has 0 bridgehead atoms. The van der Waals surface area contributed by atoms with E-state index in [-0.39, 0.29) is 47.3 Å². The third kappa shape index (κ3) is 6.77. The van der Waals surface area contributed by atoms with Gasteiger partial charge in [-0.1, -0.05) is 13.3 Å². The van der Waals surface area contributed by atoms with Crippen LogP contribution in [-0.2, 0) is 32.7 Å². The number of nitrogens with one attached hydrogen (secondary N) is 1. The summed E-state index contributed by atoms with van der Waals surface area (Å²) in [6.07, 6.45) is 1.94. The number of carbonyl (C=O) groups excluding carboxylic acids is 1. The Hall–Kier alpha value is -2.52. The Kier molecular flexibility index (Phi) is 9.79. The van der Waals surface area contributed by atoms with Crippen molar-refractivity contribution < 1.29 is 41.3 Å². The third-order valence-corrected chi connectivity index (χ3v) is 9.32. The molecule has 0 aliphatic carbocycles. The molecule has 2 aliphatic heterocycles. The summed E-state index contributed by atoms with van der Waals surface area (Å²) < 4.78 is 65.9. The monoisotopic (exact) mass is 617 g/mol. The second-order valence-corrected chi connectivity index (χ2v) is 13.0. The molecule has 1 saturated heterocycles. The van der Waals surface area contributed by atoms with Gasteiger partial charge in [-0.25, -0.2) is 18.0 Å². The molecule has 1 unspecified atom stereocenters. The Morgan fingerprint density at radius 3 is 2.49 bits per heavy atom. The van der Waals surface area contributed by atoms with Gasteiger partial charge in [0.05, 0.1) is 18.2 Å². The molecule has 3 N–H and O–H groups in total. The van der Waals surface area contributed by atoms with Crippen LogP contribution in [0.1, 0.15) is 54.5 Å². The second-order valence-electron chi connectivity index (χ2n) is 9.91. The van der Waals surface area contributed by atoms with Crippen LogP contribution in [-0.4, -0.2) is 83.9 Å². The summed E-state index contributed by atoms with van der Waals surface area (Å²) in [5, 5.41) is 3.66. The van der Waals surface area contributed by atoms with Crippen molar-refractivity contribution >= 4 is 29.4 Å².